The van der Waals surface area contributed by atoms with Gasteiger partial charge < -0.3 is 20.4 Å². The highest BCUT2D eigenvalue weighted by molar-refractivity contribution is 7.89. The van der Waals surface area contributed by atoms with Crippen LogP contribution in [0.1, 0.15) is 12.5 Å². The zero-order chi connectivity index (χ0) is 24.9. The molecule has 0 spiro atoms. The van der Waals surface area contributed by atoms with Gasteiger partial charge in [-0.15, -0.1) is 0 Å². The molecule has 34 heavy (non-hydrogen) atoms. The Morgan fingerprint density at radius 1 is 1.09 bits per heavy atom. The lowest BCUT2D eigenvalue weighted by atomic mass is 10.0. The standard InChI is InChI=1S/C23H26N4O6S/c1-15(28)25-21(11-16-13-24-20-10-5-4-9-19(16)20)23(30)33-14-22(29)26-17-7-6-8-18(12-17)34(31,32)27(2)3/h4-10,12-13,21,24H,11,14H2,1-3H3,(H,25,28)(H,26,29)/t21-/m0/s1. The number of hydrogen-bond donors (Lipinski definition) is 3. The minimum atomic E-state index is -3.67. The minimum absolute atomic E-state index is 0.0109. The van der Waals surface area contributed by atoms with Crippen LogP contribution in [0.2, 0.25) is 0 Å². The number of hydrogen-bond acceptors (Lipinski definition) is 6. The fourth-order valence-corrected chi connectivity index (χ4v) is 4.29. The van der Waals surface area contributed by atoms with Crippen LogP contribution < -0.4 is 10.6 Å². The van der Waals surface area contributed by atoms with Gasteiger partial charge >= 0.3 is 5.97 Å². The average Bonchev–Trinajstić information content (AvgIpc) is 3.19. The number of esters is 1. The first-order valence-electron chi connectivity index (χ1n) is 10.4. The number of benzene rings is 2. The second-order valence-electron chi connectivity index (χ2n) is 7.79. The number of sulfonamides is 1. The van der Waals surface area contributed by atoms with Crippen molar-refractivity contribution < 1.29 is 27.5 Å². The van der Waals surface area contributed by atoms with E-state index in [1.165, 1.54) is 45.3 Å². The molecule has 3 aromatic rings. The molecule has 0 radical (unpaired) electrons. The topological polar surface area (TPSA) is 138 Å². The third kappa shape index (κ3) is 6.00. The molecular formula is C23H26N4O6S. The number of nitrogens with one attached hydrogen (secondary N) is 3. The van der Waals surface area contributed by atoms with E-state index in [4.69, 9.17) is 4.74 Å². The molecule has 0 unspecified atom stereocenters. The zero-order valence-corrected chi connectivity index (χ0v) is 19.8. The van der Waals surface area contributed by atoms with Crippen molar-refractivity contribution in [3.63, 3.8) is 0 Å². The van der Waals surface area contributed by atoms with Gasteiger partial charge in [-0.05, 0) is 29.8 Å². The summed E-state index contributed by atoms with van der Waals surface area (Å²) in [5, 5.41) is 5.98. The minimum Gasteiger partial charge on any atom is -0.454 e. The van der Waals surface area contributed by atoms with Crippen LogP contribution in [0.15, 0.2) is 59.6 Å². The predicted octanol–water partition coefficient (Wildman–Crippen LogP) is 1.65. The van der Waals surface area contributed by atoms with E-state index in [1.54, 1.807) is 6.20 Å². The third-order valence-electron chi connectivity index (χ3n) is 5.00. The van der Waals surface area contributed by atoms with Crippen molar-refractivity contribution >= 4 is 44.4 Å². The number of aromatic nitrogens is 1. The van der Waals surface area contributed by atoms with Gasteiger partial charge in [0.05, 0.1) is 4.90 Å². The van der Waals surface area contributed by atoms with Crippen molar-refractivity contribution in [3.05, 3.63) is 60.3 Å². The van der Waals surface area contributed by atoms with Crippen molar-refractivity contribution in [1.82, 2.24) is 14.6 Å². The number of fused-ring (bicyclic) bond motifs is 1. The van der Waals surface area contributed by atoms with Gasteiger partial charge in [-0.25, -0.2) is 17.5 Å². The van der Waals surface area contributed by atoms with Gasteiger partial charge in [-0.3, -0.25) is 9.59 Å². The largest absolute Gasteiger partial charge is 0.454 e. The highest BCUT2D eigenvalue weighted by Gasteiger charge is 2.24. The number of H-pyrrole nitrogens is 1. The molecule has 0 saturated carbocycles. The maximum absolute atomic E-state index is 12.6. The van der Waals surface area contributed by atoms with Crippen LogP contribution in [0, 0.1) is 0 Å². The van der Waals surface area contributed by atoms with Crippen LogP contribution >= 0.6 is 0 Å². The van der Waals surface area contributed by atoms with Crippen molar-refractivity contribution in [1.29, 1.82) is 0 Å². The van der Waals surface area contributed by atoms with Crippen molar-refractivity contribution in [2.24, 2.45) is 0 Å². The van der Waals surface area contributed by atoms with E-state index in [1.807, 2.05) is 24.3 Å². The van der Waals surface area contributed by atoms with Gasteiger partial charge in [0.25, 0.3) is 5.91 Å². The molecule has 11 heteroatoms. The fourth-order valence-electron chi connectivity index (χ4n) is 3.34. The number of ether oxygens (including phenoxy) is 1. The molecule has 0 aliphatic rings. The van der Waals surface area contributed by atoms with E-state index in [-0.39, 0.29) is 17.0 Å². The highest BCUT2D eigenvalue weighted by atomic mass is 32.2. The lowest BCUT2D eigenvalue weighted by molar-refractivity contribution is -0.150. The summed E-state index contributed by atoms with van der Waals surface area (Å²) < 4.78 is 30.7. The van der Waals surface area contributed by atoms with Crippen molar-refractivity contribution in [2.75, 3.05) is 26.0 Å². The molecule has 2 amide bonds. The fraction of sp³-hybridized carbons (Fsp3) is 0.261. The molecule has 0 saturated heterocycles. The first kappa shape index (κ1) is 24.9. The summed E-state index contributed by atoms with van der Waals surface area (Å²) in [5.74, 6) is -1.83. The molecule has 10 nitrogen and oxygen atoms in total. The molecule has 1 atom stereocenters. The Morgan fingerprint density at radius 3 is 2.53 bits per heavy atom. The van der Waals surface area contributed by atoms with Crippen LogP contribution in [-0.4, -0.2) is 62.2 Å². The summed E-state index contributed by atoms with van der Waals surface area (Å²) in [6.07, 6.45) is 1.93. The summed E-state index contributed by atoms with van der Waals surface area (Å²) in [7, 11) is -0.861. The van der Waals surface area contributed by atoms with E-state index in [2.05, 4.69) is 15.6 Å². The number of aromatic amines is 1. The van der Waals surface area contributed by atoms with Gasteiger partial charge in [-0.2, -0.15) is 0 Å². The Bertz CT molecular complexity index is 1320. The smallest absolute Gasteiger partial charge is 0.329 e. The lowest BCUT2D eigenvalue weighted by Crippen LogP contribution is -2.43. The molecule has 1 aromatic heterocycles. The summed E-state index contributed by atoms with van der Waals surface area (Å²) >= 11 is 0. The second kappa shape index (κ2) is 10.5. The number of para-hydroxylation sites is 1. The normalized spacial score (nSPS) is 12.4. The van der Waals surface area contributed by atoms with E-state index >= 15 is 0 Å². The van der Waals surface area contributed by atoms with Gasteiger partial charge in [0.1, 0.15) is 6.04 Å². The summed E-state index contributed by atoms with van der Waals surface area (Å²) in [5.41, 5.74) is 1.95. The van der Waals surface area contributed by atoms with Crippen molar-refractivity contribution in [2.45, 2.75) is 24.3 Å². The Kier molecular flexibility index (Phi) is 7.69. The molecule has 0 aliphatic heterocycles. The Balaban J connectivity index is 1.64. The number of amides is 2. The first-order valence-corrected chi connectivity index (χ1v) is 11.8. The number of rotatable bonds is 9. The van der Waals surface area contributed by atoms with E-state index < -0.39 is 40.5 Å². The first-order chi connectivity index (χ1) is 16.1. The van der Waals surface area contributed by atoms with Gasteiger partial charge in [0, 0.05) is 50.2 Å². The highest BCUT2D eigenvalue weighted by Crippen LogP contribution is 2.20. The van der Waals surface area contributed by atoms with E-state index in [9.17, 15) is 22.8 Å². The maximum Gasteiger partial charge on any atom is 0.329 e. The quantitative estimate of drug-likeness (QED) is 0.393. The number of carbonyl (C=O) groups is 3. The van der Waals surface area contributed by atoms with Crippen LogP contribution in [0.5, 0.6) is 0 Å². The molecule has 3 rings (SSSR count). The molecule has 0 bridgehead atoms. The van der Waals surface area contributed by atoms with Crippen molar-refractivity contribution in [3.8, 4) is 0 Å². The third-order valence-corrected chi connectivity index (χ3v) is 6.81. The zero-order valence-electron chi connectivity index (χ0n) is 19.0. The van der Waals surface area contributed by atoms with Crippen LogP contribution in [-0.2, 0) is 35.6 Å². The molecule has 2 aromatic carbocycles. The van der Waals surface area contributed by atoms with Crippen LogP contribution in [0.3, 0.4) is 0 Å². The number of nitrogens with zero attached hydrogens (tertiary/aromatic N) is 1. The summed E-state index contributed by atoms with van der Waals surface area (Å²) in [6.45, 7) is 0.685. The SMILES string of the molecule is CC(=O)N[C@@H](Cc1c[nH]c2ccccc12)C(=O)OCC(=O)Nc1cccc(S(=O)(=O)N(C)C)c1. The summed E-state index contributed by atoms with van der Waals surface area (Å²) in [6, 6.07) is 12.3. The van der Waals surface area contributed by atoms with Gasteiger partial charge in [0.2, 0.25) is 15.9 Å². The Hall–Kier alpha value is -3.70. The molecule has 3 N–H and O–H groups in total. The molecular weight excluding hydrogens is 460 g/mol. The van der Waals surface area contributed by atoms with E-state index in [0.717, 1.165) is 20.8 Å². The number of anilines is 1. The van der Waals surface area contributed by atoms with Crippen LogP contribution in [0.25, 0.3) is 10.9 Å². The number of carbonyl (C=O) groups excluding carboxylic acids is 3. The molecule has 180 valence electrons. The van der Waals surface area contributed by atoms with Crippen LogP contribution in [0.4, 0.5) is 5.69 Å². The second-order valence-corrected chi connectivity index (χ2v) is 9.94. The molecule has 0 aliphatic carbocycles. The molecule has 1 heterocycles. The van der Waals surface area contributed by atoms with Gasteiger partial charge in [0.15, 0.2) is 6.61 Å². The Labute approximate surface area is 197 Å². The van der Waals surface area contributed by atoms with E-state index in [0.29, 0.717) is 0 Å². The summed E-state index contributed by atoms with van der Waals surface area (Å²) in [4.78, 5) is 39.7. The van der Waals surface area contributed by atoms with Gasteiger partial charge in [-0.1, -0.05) is 24.3 Å². The lowest BCUT2D eigenvalue weighted by Gasteiger charge is -2.17. The molecule has 0 fully saturated rings. The Morgan fingerprint density at radius 2 is 1.82 bits per heavy atom. The maximum atomic E-state index is 12.6. The monoisotopic (exact) mass is 486 g/mol. The predicted molar refractivity (Wildman–Crippen MR) is 127 cm³/mol. The average molecular weight is 487 g/mol.